The van der Waals surface area contributed by atoms with E-state index < -0.39 is 0 Å². The molecule has 4 aliphatic carbocycles. The number of carbonyl (C=O) groups excluding carboxylic acids is 1. The predicted molar refractivity (Wildman–Crippen MR) is 107 cm³/mol. The van der Waals surface area contributed by atoms with Gasteiger partial charge in [-0.1, -0.05) is 37.3 Å². The van der Waals surface area contributed by atoms with Crippen molar-refractivity contribution in [2.24, 2.45) is 23.7 Å². The summed E-state index contributed by atoms with van der Waals surface area (Å²) in [5.41, 5.74) is 3.30. The molecule has 0 aromatic carbocycles. The lowest BCUT2D eigenvalue weighted by Crippen LogP contribution is -2.29. The van der Waals surface area contributed by atoms with E-state index in [-0.39, 0.29) is 18.0 Å². The van der Waals surface area contributed by atoms with Gasteiger partial charge in [0.2, 0.25) is 0 Å². The van der Waals surface area contributed by atoms with E-state index in [1.54, 1.807) is 11.1 Å². The Morgan fingerprint density at radius 3 is 2.52 bits per heavy atom. The Balaban J connectivity index is 1.23. The van der Waals surface area contributed by atoms with Gasteiger partial charge in [0.1, 0.15) is 6.10 Å². The minimum atomic E-state index is 0.0813. The molecule has 4 rings (SSSR count). The second-order valence-electron chi connectivity index (χ2n) is 9.89. The first-order valence-corrected chi connectivity index (χ1v) is 11.6. The molecule has 3 nitrogen and oxygen atoms in total. The predicted octanol–water partition coefficient (Wildman–Crippen LogP) is 5.82. The molecule has 2 unspecified atom stereocenters. The quantitative estimate of drug-likeness (QED) is 0.416. The van der Waals surface area contributed by atoms with Crippen molar-refractivity contribution in [2.75, 3.05) is 6.61 Å². The normalized spacial score (nSPS) is 35.0. The smallest absolute Gasteiger partial charge is 0.309 e. The molecule has 3 heteroatoms. The molecule has 4 aliphatic rings. The lowest BCUT2D eigenvalue weighted by atomic mass is 9.85. The van der Waals surface area contributed by atoms with Gasteiger partial charge in [-0.2, -0.15) is 0 Å². The van der Waals surface area contributed by atoms with Crippen LogP contribution in [-0.2, 0) is 14.3 Å². The van der Waals surface area contributed by atoms with Crippen LogP contribution in [-0.4, -0.2) is 24.8 Å². The lowest BCUT2D eigenvalue weighted by molar-refractivity contribution is -0.158. The van der Waals surface area contributed by atoms with E-state index in [4.69, 9.17) is 9.47 Å². The van der Waals surface area contributed by atoms with Crippen LogP contribution in [0.4, 0.5) is 0 Å². The maximum absolute atomic E-state index is 12.3. The Morgan fingerprint density at radius 1 is 1.04 bits per heavy atom. The number of allylic oxidation sites excluding steroid dienone is 2. The molecule has 3 fully saturated rings. The van der Waals surface area contributed by atoms with Crippen LogP contribution in [0.15, 0.2) is 11.1 Å². The van der Waals surface area contributed by atoms with E-state index in [2.05, 4.69) is 13.8 Å². The monoisotopic (exact) mass is 374 g/mol. The first kappa shape index (κ1) is 19.5. The molecule has 0 saturated heterocycles. The number of hydrogen-bond donors (Lipinski definition) is 0. The highest BCUT2D eigenvalue weighted by atomic mass is 16.5. The van der Waals surface area contributed by atoms with E-state index in [0.29, 0.717) is 17.9 Å². The van der Waals surface area contributed by atoms with Crippen molar-refractivity contribution < 1.29 is 14.3 Å². The summed E-state index contributed by atoms with van der Waals surface area (Å²) in [6.45, 7) is 5.56. The van der Waals surface area contributed by atoms with Gasteiger partial charge in [-0.25, -0.2) is 0 Å². The summed E-state index contributed by atoms with van der Waals surface area (Å²) in [7, 11) is 0. The van der Waals surface area contributed by atoms with Crippen LogP contribution < -0.4 is 0 Å². The van der Waals surface area contributed by atoms with E-state index in [9.17, 15) is 4.79 Å². The molecule has 0 amide bonds. The minimum absolute atomic E-state index is 0.0813. The van der Waals surface area contributed by atoms with Crippen molar-refractivity contribution in [3.05, 3.63) is 11.1 Å². The van der Waals surface area contributed by atoms with Crippen molar-refractivity contribution in [1.29, 1.82) is 0 Å². The summed E-state index contributed by atoms with van der Waals surface area (Å²) in [5, 5.41) is 0. The number of rotatable bonds is 7. The zero-order valence-corrected chi connectivity index (χ0v) is 17.4. The molecule has 152 valence electrons. The van der Waals surface area contributed by atoms with Crippen LogP contribution >= 0.6 is 0 Å². The standard InChI is InChI=1S/C24H38O3/c1-16-12-18(10-11-26-21-8-3-4-9-21)14-22(16)20-13-17(2)23(15-20)27-24(25)19-6-5-7-19/h17-21,23H,3-15H2,1-2H3/t17-,18?,20?,23-/m1/s1. The van der Waals surface area contributed by atoms with Gasteiger partial charge < -0.3 is 9.47 Å². The van der Waals surface area contributed by atoms with Crippen LogP contribution in [0.2, 0.25) is 0 Å². The fourth-order valence-electron chi connectivity index (χ4n) is 5.84. The van der Waals surface area contributed by atoms with Gasteiger partial charge >= 0.3 is 5.97 Å². The van der Waals surface area contributed by atoms with Crippen LogP contribution in [0.25, 0.3) is 0 Å². The lowest BCUT2D eigenvalue weighted by Gasteiger charge is -2.26. The third kappa shape index (κ3) is 4.60. The number of carbonyl (C=O) groups is 1. The summed E-state index contributed by atoms with van der Waals surface area (Å²) in [6.07, 6.45) is 15.2. The van der Waals surface area contributed by atoms with Gasteiger partial charge in [0.25, 0.3) is 0 Å². The van der Waals surface area contributed by atoms with Crippen molar-refractivity contribution in [2.45, 2.75) is 103 Å². The first-order chi connectivity index (χ1) is 13.1. The van der Waals surface area contributed by atoms with E-state index in [0.717, 1.165) is 31.8 Å². The Morgan fingerprint density at radius 2 is 1.81 bits per heavy atom. The van der Waals surface area contributed by atoms with E-state index in [1.807, 2.05) is 0 Å². The van der Waals surface area contributed by atoms with Crippen molar-refractivity contribution >= 4 is 5.97 Å². The van der Waals surface area contributed by atoms with Gasteiger partial charge in [-0.3, -0.25) is 4.79 Å². The average molecular weight is 375 g/mol. The Hall–Kier alpha value is -0.830. The summed E-state index contributed by atoms with van der Waals surface area (Å²) in [6, 6.07) is 0. The third-order valence-electron chi connectivity index (χ3n) is 7.84. The molecule has 4 atom stereocenters. The highest BCUT2D eigenvalue weighted by Gasteiger charge is 2.39. The highest BCUT2D eigenvalue weighted by Crippen LogP contribution is 2.46. The van der Waals surface area contributed by atoms with Gasteiger partial charge in [0.05, 0.1) is 12.0 Å². The third-order valence-corrected chi connectivity index (χ3v) is 7.84. The molecule has 0 N–H and O–H groups in total. The zero-order chi connectivity index (χ0) is 18.8. The van der Waals surface area contributed by atoms with Gasteiger partial charge in [-0.15, -0.1) is 0 Å². The Labute approximate surface area is 165 Å². The van der Waals surface area contributed by atoms with Gasteiger partial charge in [0.15, 0.2) is 0 Å². The zero-order valence-electron chi connectivity index (χ0n) is 17.4. The maximum Gasteiger partial charge on any atom is 0.309 e. The van der Waals surface area contributed by atoms with Crippen molar-refractivity contribution in [1.82, 2.24) is 0 Å². The van der Waals surface area contributed by atoms with Gasteiger partial charge in [-0.05, 0) is 82.5 Å². The molecule has 27 heavy (non-hydrogen) atoms. The molecule has 3 saturated carbocycles. The van der Waals surface area contributed by atoms with Crippen LogP contribution in [0.1, 0.15) is 90.9 Å². The molecule has 0 aromatic rings. The number of ether oxygens (including phenoxy) is 2. The first-order valence-electron chi connectivity index (χ1n) is 11.6. The van der Waals surface area contributed by atoms with E-state index in [1.165, 1.54) is 57.8 Å². The minimum Gasteiger partial charge on any atom is -0.462 e. The molecule has 0 aliphatic heterocycles. The summed E-state index contributed by atoms with van der Waals surface area (Å²) < 4.78 is 12.0. The van der Waals surface area contributed by atoms with Gasteiger partial charge in [0, 0.05) is 6.61 Å². The summed E-state index contributed by atoms with van der Waals surface area (Å²) >= 11 is 0. The SMILES string of the molecule is CC1=C(C2C[C@@H](C)[C@H](OC(=O)C3CCC3)C2)CC(CCOC2CCCC2)C1. The van der Waals surface area contributed by atoms with Crippen molar-refractivity contribution in [3.8, 4) is 0 Å². The fourth-order valence-corrected chi connectivity index (χ4v) is 5.84. The van der Waals surface area contributed by atoms with Crippen molar-refractivity contribution in [3.63, 3.8) is 0 Å². The second kappa shape index (κ2) is 8.68. The molecular weight excluding hydrogens is 336 g/mol. The number of esters is 1. The average Bonchev–Trinajstić information content (AvgIpc) is 3.28. The topological polar surface area (TPSA) is 35.5 Å². The Kier molecular flexibility index (Phi) is 6.26. The molecular formula is C24H38O3. The highest BCUT2D eigenvalue weighted by molar-refractivity contribution is 5.73. The number of hydrogen-bond acceptors (Lipinski definition) is 3. The Bertz CT molecular complexity index is 556. The molecule has 0 aromatic heterocycles. The summed E-state index contributed by atoms with van der Waals surface area (Å²) in [5.74, 6) is 2.20. The molecule has 0 radical (unpaired) electrons. The molecule has 0 bridgehead atoms. The summed E-state index contributed by atoms with van der Waals surface area (Å²) in [4.78, 5) is 12.3. The largest absolute Gasteiger partial charge is 0.462 e. The molecule has 0 heterocycles. The fraction of sp³-hybridized carbons (Fsp3) is 0.875. The van der Waals surface area contributed by atoms with E-state index >= 15 is 0 Å². The second-order valence-corrected chi connectivity index (χ2v) is 9.89. The van der Waals surface area contributed by atoms with Crippen LogP contribution in [0.5, 0.6) is 0 Å². The molecule has 0 spiro atoms. The van der Waals surface area contributed by atoms with Crippen LogP contribution in [0, 0.1) is 23.7 Å². The van der Waals surface area contributed by atoms with Crippen LogP contribution in [0.3, 0.4) is 0 Å². The maximum atomic E-state index is 12.3.